The Morgan fingerprint density at radius 1 is 0.800 bits per heavy atom. The van der Waals surface area contributed by atoms with E-state index in [-0.39, 0.29) is 0 Å². The van der Waals surface area contributed by atoms with Crippen LogP contribution in [0.4, 0.5) is 5.69 Å². The summed E-state index contributed by atoms with van der Waals surface area (Å²) in [6, 6.07) is 11.7. The maximum Gasteiger partial charge on any atom is 0.0314 e. The molecule has 0 bridgehead atoms. The summed E-state index contributed by atoms with van der Waals surface area (Å²) in [6.07, 6.45) is 7.66. The molecular formula is C13H12N2. The topological polar surface area (TPSA) is 38.9 Å². The Hall–Kier alpha value is -2.09. The van der Waals surface area contributed by atoms with Crippen molar-refractivity contribution in [2.24, 2.45) is 0 Å². The van der Waals surface area contributed by atoms with Crippen molar-refractivity contribution in [2.75, 3.05) is 5.73 Å². The molecule has 0 saturated heterocycles. The molecule has 2 nitrogen and oxygen atoms in total. The van der Waals surface area contributed by atoms with Crippen molar-refractivity contribution in [3.8, 4) is 0 Å². The molecule has 2 N–H and O–H groups in total. The minimum absolute atomic E-state index is 0.788. The molecule has 0 spiro atoms. The lowest BCUT2D eigenvalue weighted by atomic mass is 10.1. The molecule has 0 fully saturated rings. The Morgan fingerprint density at radius 2 is 1.33 bits per heavy atom. The molecule has 0 amide bonds. The maximum absolute atomic E-state index is 5.60. The number of nitrogens with two attached hydrogens (primary N) is 1. The van der Waals surface area contributed by atoms with Gasteiger partial charge in [0.25, 0.3) is 0 Å². The van der Waals surface area contributed by atoms with Gasteiger partial charge in [-0.1, -0.05) is 24.3 Å². The molecule has 15 heavy (non-hydrogen) atoms. The normalized spacial score (nSPS) is 10.7. The van der Waals surface area contributed by atoms with Crippen LogP contribution >= 0.6 is 0 Å². The lowest BCUT2D eigenvalue weighted by Gasteiger charge is -1.95. The average molecular weight is 196 g/mol. The molecule has 0 aliphatic rings. The van der Waals surface area contributed by atoms with Crippen LogP contribution in [0.25, 0.3) is 12.2 Å². The summed E-state index contributed by atoms with van der Waals surface area (Å²) in [6.45, 7) is 0. The molecule has 2 rings (SSSR count). The summed E-state index contributed by atoms with van der Waals surface area (Å²) >= 11 is 0. The van der Waals surface area contributed by atoms with Crippen molar-refractivity contribution in [3.63, 3.8) is 0 Å². The van der Waals surface area contributed by atoms with E-state index >= 15 is 0 Å². The standard InChI is InChI=1S/C13H12N2/c14-13-5-3-11(4-6-13)1-2-12-7-9-15-10-8-12/h1-10H,14H2/b2-1+. The molecule has 1 heterocycles. The van der Waals surface area contributed by atoms with E-state index < -0.39 is 0 Å². The van der Waals surface area contributed by atoms with Gasteiger partial charge in [0.2, 0.25) is 0 Å². The molecule has 0 aliphatic carbocycles. The summed E-state index contributed by atoms with van der Waals surface area (Å²) in [7, 11) is 0. The highest BCUT2D eigenvalue weighted by molar-refractivity contribution is 5.69. The predicted molar refractivity (Wildman–Crippen MR) is 64.0 cm³/mol. The Balaban J connectivity index is 2.15. The van der Waals surface area contributed by atoms with E-state index in [2.05, 4.69) is 11.1 Å². The van der Waals surface area contributed by atoms with Crippen LogP contribution in [0.15, 0.2) is 48.8 Å². The van der Waals surface area contributed by atoms with Gasteiger partial charge in [-0.25, -0.2) is 0 Å². The van der Waals surface area contributed by atoms with Crippen LogP contribution in [0, 0.1) is 0 Å². The molecule has 0 atom stereocenters. The molecular weight excluding hydrogens is 184 g/mol. The first-order valence-corrected chi connectivity index (χ1v) is 4.78. The summed E-state index contributed by atoms with van der Waals surface area (Å²) in [4.78, 5) is 3.96. The number of nitrogens with zero attached hydrogens (tertiary/aromatic N) is 1. The second-order valence-electron chi connectivity index (χ2n) is 3.28. The van der Waals surface area contributed by atoms with E-state index in [9.17, 15) is 0 Å². The van der Waals surface area contributed by atoms with Crippen LogP contribution in [-0.2, 0) is 0 Å². The summed E-state index contributed by atoms with van der Waals surface area (Å²) < 4.78 is 0. The van der Waals surface area contributed by atoms with Crippen molar-refractivity contribution in [3.05, 3.63) is 59.9 Å². The number of benzene rings is 1. The van der Waals surface area contributed by atoms with Gasteiger partial charge < -0.3 is 5.73 Å². The second-order valence-corrected chi connectivity index (χ2v) is 3.28. The van der Waals surface area contributed by atoms with Gasteiger partial charge in [0, 0.05) is 18.1 Å². The first kappa shape index (κ1) is 9.46. The van der Waals surface area contributed by atoms with Gasteiger partial charge in [-0.05, 0) is 35.4 Å². The Morgan fingerprint density at radius 3 is 1.93 bits per heavy atom. The minimum atomic E-state index is 0.788. The molecule has 1 aromatic heterocycles. The van der Waals surface area contributed by atoms with Crippen molar-refractivity contribution in [1.29, 1.82) is 0 Å². The molecule has 0 radical (unpaired) electrons. The highest BCUT2D eigenvalue weighted by Gasteiger charge is 1.87. The number of anilines is 1. The van der Waals surface area contributed by atoms with E-state index in [4.69, 9.17) is 5.73 Å². The van der Waals surface area contributed by atoms with Gasteiger partial charge in [0.1, 0.15) is 0 Å². The predicted octanol–water partition coefficient (Wildman–Crippen LogP) is 2.83. The quantitative estimate of drug-likeness (QED) is 0.750. The van der Waals surface area contributed by atoms with Crippen molar-refractivity contribution < 1.29 is 0 Å². The van der Waals surface area contributed by atoms with E-state index in [1.807, 2.05) is 42.5 Å². The van der Waals surface area contributed by atoms with Crippen molar-refractivity contribution >= 4 is 17.8 Å². The molecule has 0 unspecified atom stereocenters. The molecule has 2 aromatic rings. The van der Waals surface area contributed by atoms with Crippen LogP contribution in [0.5, 0.6) is 0 Å². The fourth-order valence-corrected chi connectivity index (χ4v) is 1.27. The zero-order chi connectivity index (χ0) is 10.5. The van der Waals surface area contributed by atoms with E-state index in [0.29, 0.717) is 0 Å². The Kier molecular flexibility index (Phi) is 2.79. The van der Waals surface area contributed by atoms with Gasteiger partial charge in [0.05, 0.1) is 0 Å². The SMILES string of the molecule is Nc1ccc(/C=C/c2ccncc2)cc1. The number of hydrogen-bond acceptors (Lipinski definition) is 2. The average Bonchev–Trinajstić information content (AvgIpc) is 2.30. The van der Waals surface area contributed by atoms with Crippen LogP contribution in [-0.4, -0.2) is 4.98 Å². The summed E-state index contributed by atoms with van der Waals surface area (Å²) in [5.41, 5.74) is 8.67. The van der Waals surface area contributed by atoms with Gasteiger partial charge in [0.15, 0.2) is 0 Å². The number of rotatable bonds is 2. The van der Waals surface area contributed by atoms with E-state index in [0.717, 1.165) is 16.8 Å². The van der Waals surface area contributed by atoms with Gasteiger partial charge in [-0.2, -0.15) is 0 Å². The third-order valence-electron chi connectivity index (χ3n) is 2.11. The molecule has 0 saturated carbocycles. The lowest BCUT2D eigenvalue weighted by Crippen LogP contribution is -1.82. The fraction of sp³-hybridized carbons (Fsp3) is 0. The van der Waals surface area contributed by atoms with Crippen molar-refractivity contribution in [1.82, 2.24) is 4.98 Å². The maximum atomic E-state index is 5.60. The van der Waals surface area contributed by atoms with E-state index in [1.54, 1.807) is 12.4 Å². The van der Waals surface area contributed by atoms with Gasteiger partial charge in [-0.3, -0.25) is 4.98 Å². The first-order chi connectivity index (χ1) is 7.34. The zero-order valence-electron chi connectivity index (χ0n) is 8.30. The molecule has 74 valence electrons. The summed E-state index contributed by atoms with van der Waals surface area (Å²) in [5, 5.41) is 0. The zero-order valence-corrected chi connectivity index (χ0v) is 8.30. The minimum Gasteiger partial charge on any atom is -0.399 e. The van der Waals surface area contributed by atoms with Gasteiger partial charge >= 0.3 is 0 Å². The van der Waals surface area contributed by atoms with Crippen LogP contribution in [0.2, 0.25) is 0 Å². The molecule has 0 aliphatic heterocycles. The number of aromatic nitrogens is 1. The fourth-order valence-electron chi connectivity index (χ4n) is 1.27. The number of hydrogen-bond donors (Lipinski definition) is 1. The number of pyridine rings is 1. The Bertz CT molecular complexity index is 444. The first-order valence-electron chi connectivity index (χ1n) is 4.78. The lowest BCUT2D eigenvalue weighted by molar-refractivity contribution is 1.32. The monoisotopic (exact) mass is 196 g/mol. The molecule has 1 aromatic carbocycles. The van der Waals surface area contributed by atoms with Gasteiger partial charge in [-0.15, -0.1) is 0 Å². The van der Waals surface area contributed by atoms with E-state index in [1.165, 1.54) is 0 Å². The highest BCUT2D eigenvalue weighted by atomic mass is 14.6. The van der Waals surface area contributed by atoms with Crippen molar-refractivity contribution in [2.45, 2.75) is 0 Å². The third kappa shape index (κ3) is 2.68. The third-order valence-corrected chi connectivity index (χ3v) is 2.11. The summed E-state index contributed by atoms with van der Waals surface area (Å²) in [5.74, 6) is 0. The van der Waals surface area contributed by atoms with Crippen LogP contribution in [0.1, 0.15) is 11.1 Å². The largest absolute Gasteiger partial charge is 0.399 e. The highest BCUT2D eigenvalue weighted by Crippen LogP contribution is 2.09. The smallest absolute Gasteiger partial charge is 0.0314 e. The van der Waals surface area contributed by atoms with Crippen LogP contribution < -0.4 is 5.73 Å². The Labute approximate surface area is 89.1 Å². The number of nitrogen functional groups attached to an aromatic ring is 1. The molecule has 2 heteroatoms. The van der Waals surface area contributed by atoms with Crippen LogP contribution in [0.3, 0.4) is 0 Å². The second kappa shape index (κ2) is 4.42.